The van der Waals surface area contributed by atoms with Gasteiger partial charge in [-0.2, -0.15) is 0 Å². The lowest BCUT2D eigenvalue weighted by Crippen LogP contribution is -2.34. The number of nitrogens with zero attached hydrogens (tertiary/aromatic N) is 4. The number of hydrogen-bond donors (Lipinski definition) is 3. The van der Waals surface area contributed by atoms with Crippen LogP contribution in [-0.4, -0.2) is 28.5 Å². The van der Waals surface area contributed by atoms with Gasteiger partial charge in [0, 0.05) is 40.6 Å². The second-order valence-electron chi connectivity index (χ2n) is 6.06. The van der Waals surface area contributed by atoms with Crippen molar-refractivity contribution in [3.05, 3.63) is 72.9 Å². The minimum Gasteiger partial charge on any atom is -0.478 e. The summed E-state index contributed by atoms with van der Waals surface area (Å²) in [5, 5.41) is 27.0. The number of carboxylic acid groups (broad SMARTS) is 1. The molecule has 0 aromatic heterocycles. The van der Waals surface area contributed by atoms with Crippen LogP contribution < -0.4 is 11.1 Å². The second kappa shape index (κ2) is 8.69. The number of aliphatic carboxylic acids is 1. The molecule has 0 fully saturated rings. The molecule has 0 aliphatic carbocycles. The number of rotatable bonds is 8. The molecule has 2 rings (SSSR count). The van der Waals surface area contributed by atoms with Crippen LogP contribution in [0.1, 0.15) is 31.2 Å². The van der Waals surface area contributed by atoms with Crippen molar-refractivity contribution in [2.24, 2.45) is 10.8 Å². The first-order valence-electron chi connectivity index (χ1n) is 8.27. The number of dihydropyridines is 1. The van der Waals surface area contributed by atoms with Crippen molar-refractivity contribution in [3.8, 4) is 0 Å². The number of benzene rings is 1. The van der Waals surface area contributed by atoms with Crippen LogP contribution in [0.5, 0.6) is 0 Å². The fourth-order valence-corrected chi connectivity index (χ4v) is 3.17. The van der Waals surface area contributed by atoms with E-state index < -0.39 is 22.7 Å². The summed E-state index contributed by atoms with van der Waals surface area (Å²) in [5.74, 6) is -3.02. The van der Waals surface area contributed by atoms with E-state index in [0.29, 0.717) is 23.4 Å². The average Bonchev–Trinajstić information content (AvgIpc) is 2.64. The minimum absolute atomic E-state index is 0.0741. The highest BCUT2D eigenvalue weighted by Gasteiger charge is 2.36. The quantitative estimate of drug-likeness (QED) is 0.154. The Bertz CT molecular complexity index is 928. The number of azide groups is 1. The molecular weight excluding hydrogens is 368 g/mol. The number of non-ortho nitro benzene ring substituents is 1. The maximum Gasteiger partial charge on any atom is 0.334 e. The normalized spacial score (nSPS) is 16.2. The first-order chi connectivity index (χ1) is 13.3. The third-order valence-electron chi connectivity index (χ3n) is 4.33. The van der Waals surface area contributed by atoms with E-state index in [1.165, 1.54) is 24.3 Å². The fraction of sp³-hybridized carbons (Fsp3) is 0.294. The minimum atomic E-state index is -1.25. The molecule has 0 radical (unpaired) electrons. The molecule has 1 aliphatic rings. The number of carboxylic acids is 1. The molecule has 4 N–H and O–H groups in total. The molecule has 0 spiro atoms. The van der Waals surface area contributed by atoms with Crippen molar-refractivity contribution in [3.63, 3.8) is 0 Å². The van der Waals surface area contributed by atoms with Gasteiger partial charge in [-0.15, -0.1) is 0 Å². The fourth-order valence-electron chi connectivity index (χ4n) is 3.17. The molecule has 1 aliphatic heterocycles. The highest BCUT2D eigenvalue weighted by molar-refractivity contribution is 6.00. The largest absolute Gasteiger partial charge is 0.478 e. The lowest BCUT2D eigenvalue weighted by atomic mass is 9.79. The number of amides is 1. The summed E-state index contributed by atoms with van der Waals surface area (Å²) in [6, 6.07) is 5.30. The van der Waals surface area contributed by atoms with Gasteiger partial charge < -0.3 is 16.2 Å². The van der Waals surface area contributed by atoms with Crippen molar-refractivity contribution >= 4 is 17.6 Å². The third-order valence-corrected chi connectivity index (χ3v) is 4.33. The number of carbonyl (C=O) groups is 2. The molecule has 28 heavy (non-hydrogen) atoms. The van der Waals surface area contributed by atoms with Crippen molar-refractivity contribution in [2.75, 3.05) is 6.54 Å². The number of nitro benzene ring substituents is 1. The van der Waals surface area contributed by atoms with Gasteiger partial charge in [0.15, 0.2) is 0 Å². The second-order valence-corrected chi connectivity index (χ2v) is 6.06. The van der Waals surface area contributed by atoms with E-state index in [9.17, 15) is 24.8 Å². The van der Waals surface area contributed by atoms with Gasteiger partial charge in [-0.1, -0.05) is 17.2 Å². The molecular formula is C17H18N6O5. The monoisotopic (exact) mass is 386 g/mol. The topological polar surface area (TPSA) is 184 Å². The van der Waals surface area contributed by atoms with Crippen LogP contribution in [0.25, 0.3) is 10.4 Å². The van der Waals surface area contributed by atoms with Gasteiger partial charge in [-0.25, -0.2) is 4.79 Å². The van der Waals surface area contributed by atoms with E-state index in [0.717, 1.165) is 0 Å². The zero-order chi connectivity index (χ0) is 20.8. The van der Waals surface area contributed by atoms with Crippen LogP contribution in [0, 0.1) is 10.1 Å². The number of nitro groups is 1. The van der Waals surface area contributed by atoms with Crippen LogP contribution in [0.15, 0.2) is 51.9 Å². The van der Waals surface area contributed by atoms with Gasteiger partial charge in [0.05, 0.1) is 16.4 Å². The van der Waals surface area contributed by atoms with E-state index >= 15 is 0 Å². The molecule has 11 nitrogen and oxygen atoms in total. The molecule has 1 unspecified atom stereocenters. The van der Waals surface area contributed by atoms with Gasteiger partial charge >= 0.3 is 5.97 Å². The standard InChI is InChI=1S/C17H18N6O5/c1-9-13(16(18)24)14(10-4-6-11(7-5-10)23(27)28)15(17(25)26)12(21-9)3-2-8-20-22-19/h4-7,14,21H,2-3,8H2,1H3,(H2,18,24)(H,25,26). The van der Waals surface area contributed by atoms with Crippen LogP contribution in [-0.2, 0) is 9.59 Å². The Morgan fingerprint density at radius 1 is 1.36 bits per heavy atom. The number of allylic oxidation sites excluding steroid dienone is 2. The van der Waals surface area contributed by atoms with Crippen molar-refractivity contribution in [1.29, 1.82) is 0 Å². The average molecular weight is 386 g/mol. The Kier molecular flexibility index (Phi) is 6.35. The van der Waals surface area contributed by atoms with E-state index in [1.54, 1.807) is 6.92 Å². The van der Waals surface area contributed by atoms with Crippen LogP contribution in [0.4, 0.5) is 5.69 Å². The van der Waals surface area contributed by atoms with Crippen LogP contribution in [0.2, 0.25) is 0 Å². The Balaban J connectivity index is 2.57. The number of hydrogen-bond acceptors (Lipinski definition) is 6. The Morgan fingerprint density at radius 3 is 2.50 bits per heavy atom. The smallest absolute Gasteiger partial charge is 0.334 e. The molecule has 1 atom stereocenters. The molecule has 146 valence electrons. The molecule has 11 heteroatoms. The van der Waals surface area contributed by atoms with E-state index in [2.05, 4.69) is 15.3 Å². The Morgan fingerprint density at radius 2 is 2.00 bits per heavy atom. The first-order valence-corrected chi connectivity index (χ1v) is 8.27. The molecule has 1 heterocycles. The summed E-state index contributed by atoms with van der Waals surface area (Å²) in [4.78, 5) is 37.0. The summed E-state index contributed by atoms with van der Waals surface area (Å²) in [6.07, 6.45) is 0.670. The Labute approximate surface area is 159 Å². The Hall–Kier alpha value is -3.85. The number of primary amides is 1. The lowest BCUT2D eigenvalue weighted by Gasteiger charge is -2.30. The van der Waals surface area contributed by atoms with Gasteiger partial charge in [-0.05, 0) is 30.9 Å². The third kappa shape index (κ3) is 4.27. The summed E-state index contributed by atoms with van der Waals surface area (Å²) in [7, 11) is 0. The maximum atomic E-state index is 12.0. The molecule has 0 saturated heterocycles. The zero-order valence-electron chi connectivity index (χ0n) is 15.0. The first kappa shape index (κ1) is 20.5. The predicted octanol–water partition coefficient (Wildman–Crippen LogP) is 2.47. The van der Waals surface area contributed by atoms with Gasteiger partial charge in [0.2, 0.25) is 5.91 Å². The molecule has 1 amide bonds. The molecule has 1 aromatic carbocycles. The van der Waals surface area contributed by atoms with Crippen LogP contribution in [0.3, 0.4) is 0 Å². The molecule has 1 aromatic rings. The summed E-state index contributed by atoms with van der Waals surface area (Å²) in [6.45, 7) is 1.78. The number of nitrogens with two attached hydrogens (primary N) is 1. The number of nitrogens with one attached hydrogen (secondary N) is 1. The highest BCUT2D eigenvalue weighted by Crippen LogP contribution is 2.39. The predicted molar refractivity (Wildman–Crippen MR) is 98.8 cm³/mol. The van der Waals surface area contributed by atoms with Gasteiger partial charge in [0.1, 0.15) is 0 Å². The molecule has 0 bridgehead atoms. The van der Waals surface area contributed by atoms with Gasteiger partial charge in [0.25, 0.3) is 5.69 Å². The van der Waals surface area contributed by atoms with Crippen molar-refractivity contribution in [2.45, 2.75) is 25.7 Å². The SMILES string of the molecule is CC1=C(C(N)=O)C(c2ccc([N+](=O)[O-])cc2)C(C(=O)O)=C(CCCN=[N+]=[N-])N1. The van der Waals surface area contributed by atoms with Crippen molar-refractivity contribution < 1.29 is 19.6 Å². The van der Waals surface area contributed by atoms with E-state index in [4.69, 9.17) is 11.3 Å². The maximum absolute atomic E-state index is 12.0. The van der Waals surface area contributed by atoms with Crippen LogP contribution >= 0.6 is 0 Å². The summed E-state index contributed by atoms with van der Waals surface area (Å²) < 4.78 is 0. The summed E-state index contributed by atoms with van der Waals surface area (Å²) in [5.41, 5.74) is 14.9. The van der Waals surface area contributed by atoms with E-state index in [-0.39, 0.29) is 29.8 Å². The molecule has 0 saturated carbocycles. The van der Waals surface area contributed by atoms with Crippen molar-refractivity contribution in [1.82, 2.24) is 5.32 Å². The van der Waals surface area contributed by atoms with E-state index in [1.807, 2.05) is 0 Å². The highest BCUT2D eigenvalue weighted by atomic mass is 16.6. The zero-order valence-corrected chi connectivity index (χ0v) is 15.0. The summed E-state index contributed by atoms with van der Waals surface area (Å²) >= 11 is 0. The number of carbonyl (C=O) groups excluding carboxylic acids is 1. The lowest BCUT2D eigenvalue weighted by molar-refractivity contribution is -0.384. The van der Waals surface area contributed by atoms with Gasteiger partial charge in [-0.3, -0.25) is 14.9 Å².